The van der Waals surface area contributed by atoms with E-state index in [0.717, 1.165) is 19.5 Å². The van der Waals surface area contributed by atoms with Crippen LogP contribution >= 0.6 is 15.9 Å². The van der Waals surface area contributed by atoms with Crippen LogP contribution in [0.15, 0.2) is 0 Å². The van der Waals surface area contributed by atoms with Crippen LogP contribution in [0, 0.1) is 5.41 Å². The van der Waals surface area contributed by atoms with Crippen molar-refractivity contribution in [3.8, 4) is 0 Å². The van der Waals surface area contributed by atoms with Crippen molar-refractivity contribution in [1.29, 1.82) is 0 Å². The van der Waals surface area contributed by atoms with Gasteiger partial charge in [0.05, 0.1) is 4.83 Å². The van der Waals surface area contributed by atoms with E-state index in [1.54, 1.807) is 0 Å². The SMILES string of the molecule is CCC(Br)C(=O)N1CCC(CC)(CC)C1. The normalized spacial score (nSPS) is 21.7. The van der Waals surface area contributed by atoms with E-state index < -0.39 is 0 Å². The zero-order chi connectivity index (χ0) is 11.5. The third kappa shape index (κ3) is 2.74. The topological polar surface area (TPSA) is 20.3 Å². The number of amides is 1. The summed E-state index contributed by atoms with van der Waals surface area (Å²) in [6, 6.07) is 0. The molecule has 0 aliphatic carbocycles. The van der Waals surface area contributed by atoms with Gasteiger partial charge in [-0.05, 0) is 31.1 Å². The summed E-state index contributed by atoms with van der Waals surface area (Å²) in [6.45, 7) is 8.43. The highest BCUT2D eigenvalue weighted by atomic mass is 79.9. The molecule has 1 unspecified atom stereocenters. The molecule has 1 aliphatic heterocycles. The van der Waals surface area contributed by atoms with Crippen molar-refractivity contribution in [3.05, 3.63) is 0 Å². The van der Waals surface area contributed by atoms with Gasteiger partial charge < -0.3 is 4.90 Å². The van der Waals surface area contributed by atoms with E-state index >= 15 is 0 Å². The summed E-state index contributed by atoms with van der Waals surface area (Å²) in [5.74, 6) is 0.279. The van der Waals surface area contributed by atoms with E-state index in [0.29, 0.717) is 5.41 Å². The van der Waals surface area contributed by atoms with E-state index in [9.17, 15) is 4.79 Å². The predicted molar refractivity (Wildman–Crippen MR) is 67.2 cm³/mol. The molecular weight excluding hydrogens is 254 g/mol. The van der Waals surface area contributed by atoms with E-state index in [-0.39, 0.29) is 10.7 Å². The van der Waals surface area contributed by atoms with Crippen molar-refractivity contribution < 1.29 is 4.79 Å². The first-order chi connectivity index (χ1) is 7.08. The lowest BCUT2D eigenvalue weighted by Crippen LogP contribution is -2.36. The summed E-state index contributed by atoms with van der Waals surface area (Å²) in [7, 11) is 0. The highest BCUT2D eigenvalue weighted by Crippen LogP contribution is 2.37. The first kappa shape index (κ1) is 13.0. The number of hydrogen-bond acceptors (Lipinski definition) is 1. The summed E-state index contributed by atoms with van der Waals surface area (Å²) in [5, 5.41) is 0. The Morgan fingerprint density at radius 1 is 1.40 bits per heavy atom. The third-order valence-electron chi connectivity index (χ3n) is 3.88. The van der Waals surface area contributed by atoms with Crippen molar-refractivity contribution >= 4 is 21.8 Å². The molecule has 1 amide bonds. The Labute approximate surface area is 102 Å². The number of carbonyl (C=O) groups is 1. The molecule has 0 aromatic carbocycles. The molecule has 1 heterocycles. The molecule has 3 heteroatoms. The van der Waals surface area contributed by atoms with Gasteiger partial charge in [0, 0.05) is 13.1 Å². The summed E-state index contributed by atoms with van der Waals surface area (Å²) >= 11 is 3.44. The zero-order valence-corrected chi connectivity index (χ0v) is 11.6. The van der Waals surface area contributed by atoms with Crippen molar-refractivity contribution in [2.75, 3.05) is 13.1 Å². The second-order valence-corrected chi connectivity index (χ2v) is 5.70. The average molecular weight is 276 g/mol. The minimum Gasteiger partial charge on any atom is -0.341 e. The second-order valence-electron chi connectivity index (χ2n) is 4.59. The molecule has 0 aromatic rings. The van der Waals surface area contributed by atoms with Gasteiger partial charge in [0.15, 0.2) is 0 Å². The first-order valence-electron chi connectivity index (χ1n) is 6.01. The Kier molecular flexibility index (Phi) is 4.63. The monoisotopic (exact) mass is 275 g/mol. The summed E-state index contributed by atoms with van der Waals surface area (Å²) in [5.41, 5.74) is 0.399. The Balaban J connectivity index is 2.59. The van der Waals surface area contributed by atoms with Gasteiger partial charge in [-0.1, -0.05) is 36.7 Å². The maximum absolute atomic E-state index is 12.0. The number of likely N-dealkylation sites (tertiary alicyclic amines) is 1. The van der Waals surface area contributed by atoms with Crippen LogP contribution in [-0.4, -0.2) is 28.7 Å². The maximum atomic E-state index is 12.0. The third-order valence-corrected chi connectivity index (χ3v) is 4.92. The number of nitrogens with zero attached hydrogens (tertiary/aromatic N) is 1. The Bertz CT molecular complexity index is 226. The molecule has 2 nitrogen and oxygen atoms in total. The molecule has 15 heavy (non-hydrogen) atoms. The highest BCUT2D eigenvalue weighted by Gasteiger charge is 2.37. The lowest BCUT2D eigenvalue weighted by molar-refractivity contribution is -0.129. The number of rotatable bonds is 4. The van der Waals surface area contributed by atoms with Crippen LogP contribution in [-0.2, 0) is 4.79 Å². The van der Waals surface area contributed by atoms with Gasteiger partial charge >= 0.3 is 0 Å². The molecule has 1 atom stereocenters. The summed E-state index contributed by atoms with van der Waals surface area (Å²) in [4.78, 5) is 14.0. The number of carbonyl (C=O) groups excluding carboxylic acids is 1. The van der Waals surface area contributed by atoms with Crippen LogP contribution in [0.1, 0.15) is 46.5 Å². The van der Waals surface area contributed by atoms with E-state index in [1.807, 2.05) is 11.8 Å². The van der Waals surface area contributed by atoms with Crippen LogP contribution in [0.5, 0.6) is 0 Å². The van der Waals surface area contributed by atoms with Gasteiger partial charge in [-0.2, -0.15) is 0 Å². The van der Waals surface area contributed by atoms with Gasteiger partial charge in [0.2, 0.25) is 5.91 Å². The largest absolute Gasteiger partial charge is 0.341 e. The second kappa shape index (κ2) is 5.33. The van der Waals surface area contributed by atoms with Crippen LogP contribution in [0.2, 0.25) is 0 Å². The molecule has 0 saturated carbocycles. The van der Waals surface area contributed by atoms with Gasteiger partial charge in [-0.3, -0.25) is 4.79 Å². The van der Waals surface area contributed by atoms with Gasteiger partial charge in [-0.25, -0.2) is 0 Å². The molecule has 0 bridgehead atoms. The molecule has 1 aliphatic rings. The van der Waals surface area contributed by atoms with Gasteiger partial charge in [0.1, 0.15) is 0 Å². The maximum Gasteiger partial charge on any atom is 0.236 e. The molecule has 0 spiro atoms. The minimum atomic E-state index is 0.0158. The number of alkyl halides is 1. The molecule has 0 N–H and O–H groups in total. The highest BCUT2D eigenvalue weighted by molar-refractivity contribution is 9.10. The van der Waals surface area contributed by atoms with Crippen LogP contribution in [0.25, 0.3) is 0 Å². The Hall–Kier alpha value is -0.0500. The van der Waals surface area contributed by atoms with E-state index in [4.69, 9.17) is 0 Å². The fourth-order valence-electron chi connectivity index (χ4n) is 2.32. The number of halogens is 1. The lowest BCUT2D eigenvalue weighted by atomic mass is 9.82. The molecule has 1 rings (SSSR count). The fourth-order valence-corrected chi connectivity index (χ4v) is 2.61. The lowest BCUT2D eigenvalue weighted by Gasteiger charge is -2.27. The van der Waals surface area contributed by atoms with E-state index in [1.165, 1.54) is 19.3 Å². The van der Waals surface area contributed by atoms with Crippen molar-refractivity contribution in [3.63, 3.8) is 0 Å². The molecular formula is C12H22BrNO. The number of hydrogen-bond donors (Lipinski definition) is 0. The molecule has 0 aromatic heterocycles. The van der Waals surface area contributed by atoms with Crippen LogP contribution in [0.4, 0.5) is 0 Å². The molecule has 88 valence electrons. The molecule has 1 saturated heterocycles. The standard InChI is InChI=1S/C12H22BrNO/c1-4-10(13)11(15)14-8-7-12(5-2,6-3)9-14/h10H,4-9H2,1-3H3. The van der Waals surface area contributed by atoms with E-state index in [2.05, 4.69) is 29.8 Å². The van der Waals surface area contributed by atoms with Crippen molar-refractivity contribution in [2.24, 2.45) is 5.41 Å². The zero-order valence-electron chi connectivity index (χ0n) is 10.1. The van der Waals surface area contributed by atoms with Crippen molar-refractivity contribution in [2.45, 2.75) is 51.3 Å². The van der Waals surface area contributed by atoms with Gasteiger partial charge in [-0.15, -0.1) is 0 Å². The van der Waals surface area contributed by atoms with Crippen LogP contribution in [0.3, 0.4) is 0 Å². The summed E-state index contributed by atoms with van der Waals surface area (Å²) in [6.07, 6.45) is 4.43. The summed E-state index contributed by atoms with van der Waals surface area (Å²) < 4.78 is 0. The molecule has 1 fully saturated rings. The Morgan fingerprint density at radius 2 is 2.00 bits per heavy atom. The predicted octanol–water partition coefficient (Wildman–Crippen LogP) is 3.20. The van der Waals surface area contributed by atoms with Gasteiger partial charge in [0.25, 0.3) is 0 Å². The van der Waals surface area contributed by atoms with Crippen molar-refractivity contribution in [1.82, 2.24) is 4.90 Å². The first-order valence-corrected chi connectivity index (χ1v) is 6.93. The average Bonchev–Trinajstić information content (AvgIpc) is 2.72. The minimum absolute atomic E-state index is 0.0158. The molecule has 0 radical (unpaired) electrons. The smallest absolute Gasteiger partial charge is 0.236 e. The fraction of sp³-hybridized carbons (Fsp3) is 0.917. The quantitative estimate of drug-likeness (QED) is 0.722. The Morgan fingerprint density at radius 3 is 2.40 bits per heavy atom. The van der Waals surface area contributed by atoms with Crippen LogP contribution < -0.4 is 0 Å².